The third-order valence-electron chi connectivity index (χ3n) is 6.08. The summed E-state index contributed by atoms with van der Waals surface area (Å²) in [6.45, 7) is 6.78. The first kappa shape index (κ1) is 21.0. The van der Waals surface area contributed by atoms with Crippen molar-refractivity contribution in [3.05, 3.63) is 111 Å². The molecular weight excluding hydrogens is 414 g/mol. The predicted molar refractivity (Wildman–Crippen MR) is 128 cm³/mol. The van der Waals surface area contributed by atoms with Gasteiger partial charge in [0.2, 0.25) is 5.76 Å². The molecule has 2 heterocycles. The van der Waals surface area contributed by atoms with E-state index in [2.05, 4.69) is 0 Å². The molecule has 1 atom stereocenters. The lowest BCUT2D eigenvalue weighted by molar-refractivity contribution is 0.0714. The van der Waals surface area contributed by atoms with Crippen LogP contribution in [0.1, 0.15) is 51.3 Å². The van der Waals surface area contributed by atoms with Crippen LogP contribution in [0.25, 0.3) is 11.0 Å². The smallest absolute Gasteiger partial charge is 0.291 e. The fourth-order valence-electron chi connectivity index (χ4n) is 4.48. The van der Waals surface area contributed by atoms with Crippen molar-refractivity contribution in [2.45, 2.75) is 33.4 Å². The molecule has 5 rings (SSSR count). The third kappa shape index (κ3) is 3.69. The minimum atomic E-state index is -0.560. The number of rotatable bonds is 5. The van der Waals surface area contributed by atoms with Crippen molar-refractivity contribution in [2.75, 3.05) is 6.61 Å². The zero-order chi connectivity index (χ0) is 23.1. The van der Waals surface area contributed by atoms with Crippen LogP contribution in [0.2, 0.25) is 0 Å². The first-order valence-electron chi connectivity index (χ1n) is 11.1. The number of carbonyl (C=O) groups excluding carboxylic acids is 1. The minimum Gasteiger partial charge on any atom is -0.494 e. The molecule has 1 amide bonds. The second-order valence-corrected chi connectivity index (χ2v) is 8.50. The molecule has 3 aromatic carbocycles. The molecule has 5 heteroatoms. The second-order valence-electron chi connectivity index (χ2n) is 8.50. The SMILES string of the molecule is CCOc1cccc(C2c3c(oc4ccc(C)cc4c3=O)C(=O)N2Cc2ccc(C)cc2)c1. The highest BCUT2D eigenvalue weighted by atomic mass is 16.5. The monoisotopic (exact) mass is 439 g/mol. The maximum Gasteiger partial charge on any atom is 0.291 e. The Hall–Kier alpha value is -3.86. The zero-order valence-corrected chi connectivity index (χ0v) is 18.9. The quantitative estimate of drug-likeness (QED) is 0.409. The lowest BCUT2D eigenvalue weighted by atomic mass is 9.97. The summed E-state index contributed by atoms with van der Waals surface area (Å²) < 4.78 is 11.7. The average molecular weight is 440 g/mol. The molecule has 0 spiro atoms. The highest BCUT2D eigenvalue weighted by Crippen LogP contribution is 2.40. The number of benzene rings is 3. The summed E-state index contributed by atoms with van der Waals surface area (Å²) in [4.78, 5) is 29.0. The van der Waals surface area contributed by atoms with Gasteiger partial charge < -0.3 is 14.1 Å². The van der Waals surface area contributed by atoms with Crippen LogP contribution in [0.15, 0.2) is 75.9 Å². The molecule has 0 saturated carbocycles. The normalized spacial score (nSPS) is 15.2. The molecule has 33 heavy (non-hydrogen) atoms. The molecule has 1 aliphatic rings. The number of carbonyl (C=O) groups is 1. The van der Waals surface area contributed by atoms with Crippen molar-refractivity contribution in [2.24, 2.45) is 0 Å². The van der Waals surface area contributed by atoms with Crippen LogP contribution in [0.4, 0.5) is 0 Å². The molecule has 0 saturated heterocycles. The maximum atomic E-state index is 13.7. The van der Waals surface area contributed by atoms with E-state index in [1.54, 1.807) is 11.0 Å². The Morgan fingerprint density at radius 3 is 2.45 bits per heavy atom. The highest BCUT2D eigenvalue weighted by molar-refractivity contribution is 5.99. The Kier molecular flexibility index (Phi) is 5.25. The molecule has 0 fully saturated rings. The molecule has 0 N–H and O–H groups in total. The molecule has 166 valence electrons. The van der Waals surface area contributed by atoms with Gasteiger partial charge in [-0.15, -0.1) is 0 Å². The van der Waals surface area contributed by atoms with Crippen LogP contribution in [-0.2, 0) is 6.54 Å². The number of ether oxygens (including phenoxy) is 1. The molecule has 1 aliphatic heterocycles. The summed E-state index contributed by atoms with van der Waals surface area (Å²) in [7, 11) is 0. The maximum absolute atomic E-state index is 13.7. The molecule has 0 radical (unpaired) electrons. The van der Waals surface area contributed by atoms with Gasteiger partial charge in [-0.1, -0.05) is 53.6 Å². The van der Waals surface area contributed by atoms with E-state index < -0.39 is 6.04 Å². The van der Waals surface area contributed by atoms with Crippen molar-refractivity contribution < 1.29 is 13.9 Å². The van der Waals surface area contributed by atoms with Crippen LogP contribution >= 0.6 is 0 Å². The Balaban J connectivity index is 1.71. The molecule has 1 aromatic heterocycles. The van der Waals surface area contributed by atoms with E-state index in [1.165, 1.54) is 0 Å². The van der Waals surface area contributed by atoms with Gasteiger partial charge in [0.25, 0.3) is 5.91 Å². The molecule has 0 bridgehead atoms. The summed E-state index contributed by atoms with van der Waals surface area (Å²) in [6, 6.07) is 20.6. The lowest BCUT2D eigenvalue weighted by Crippen LogP contribution is -2.29. The predicted octanol–water partition coefficient (Wildman–Crippen LogP) is 5.55. The van der Waals surface area contributed by atoms with Crippen LogP contribution in [0, 0.1) is 13.8 Å². The summed E-state index contributed by atoms with van der Waals surface area (Å²) in [5, 5.41) is 0.490. The van der Waals surface area contributed by atoms with E-state index >= 15 is 0 Å². The highest BCUT2D eigenvalue weighted by Gasteiger charge is 2.42. The Morgan fingerprint density at radius 1 is 0.939 bits per heavy atom. The topological polar surface area (TPSA) is 59.8 Å². The summed E-state index contributed by atoms with van der Waals surface area (Å²) in [5.41, 5.74) is 4.57. The first-order valence-corrected chi connectivity index (χ1v) is 11.1. The Morgan fingerprint density at radius 2 is 1.70 bits per heavy atom. The number of hydrogen-bond acceptors (Lipinski definition) is 4. The fraction of sp³-hybridized carbons (Fsp3) is 0.214. The summed E-state index contributed by atoms with van der Waals surface area (Å²) in [5.74, 6) is 0.541. The zero-order valence-electron chi connectivity index (χ0n) is 18.9. The van der Waals surface area contributed by atoms with Crippen molar-refractivity contribution in [3.63, 3.8) is 0 Å². The van der Waals surface area contributed by atoms with Crippen LogP contribution in [0.5, 0.6) is 5.75 Å². The van der Waals surface area contributed by atoms with E-state index in [4.69, 9.17) is 9.15 Å². The number of hydrogen-bond donors (Lipinski definition) is 0. The van der Waals surface area contributed by atoms with Crippen molar-refractivity contribution >= 4 is 16.9 Å². The number of fused-ring (bicyclic) bond motifs is 2. The van der Waals surface area contributed by atoms with Gasteiger partial charge in [0, 0.05) is 6.54 Å². The van der Waals surface area contributed by atoms with Crippen molar-refractivity contribution in [3.8, 4) is 5.75 Å². The standard InChI is InChI=1S/C28H25NO4/c1-4-32-21-7-5-6-20(15-21)25-24-26(30)22-14-18(3)10-13-23(22)33-27(24)28(31)29(25)16-19-11-8-17(2)9-12-19/h5-15,25H,4,16H2,1-3H3. The molecule has 5 nitrogen and oxygen atoms in total. The van der Waals surface area contributed by atoms with Crippen molar-refractivity contribution in [1.82, 2.24) is 4.90 Å². The van der Waals surface area contributed by atoms with Gasteiger partial charge in [0.15, 0.2) is 5.43 Å². The number of nitrogens with zero attached hydrogens (tertiary/aromatic N) is 1. The van der Waals surface area contributed by atoms with E-state index in [1.807, 2.05) is 81.4 Å². The van der Waals surface area contributed by atoms with Gasteiger partial charge in [-0.25, -0.2) is 0 Å². The number of aryl methyl sites for hydroxylation is 2. The summed E-state index contributed by atoms with van der Waals surface area (Å²) in [6.07, 6.45) is 0. The van der Waals surface area contributed by atoms with Gasteiger partial charge in [-0.2, -0.15) is 0 Å². The number of amides is 1. The molecule has 0 aliphatic carbocycles. The van der Waals surface area contributed by atoms with Crippen molar-refractivity contribution in [1.29, 1.82) is 0 Å². The molecule has 4 aromatic rings. The van der Waals surface area contributed by atoms with Crippen LogP contribution < -0.4 is 10.2 Å². The van der Waals surface area contributed by atoms with Gasteiger partial charge in [0.1, 0.15) is 11.3 Å². The average Bonchev–Trinajstić information content (AvgIpc) is 3.08. The Labute approximate surface area is 192 Å². The van der Waals surface area contributed by atoms with Gasteiger partial charge in [-0.05, 0) is 56.2 Å². The Bertz CT molecular complexity index is 1420. The second kappa shape index (κ2) is 8.24. The lowest BCUT2D eigenvalue weighted by Gasteiger charge is -2.25. The molecular formula is C28H25NO4. The van der Waals surface area contributed by atoms with Crippen LogP contribution in [-0.4, -0.2) is 17.4 Å². The van der Waals surface area contributed by atoms with Gasteiger partial charge in [-0.3, -0.25) is 9.59 Å². The minimum absolute atomic E-state index is 0.121. The van der Waals surface area contributed by atoms with E-state index in [0.717, 1.165) is 22.3 Å². The van der Waals surface area contributed by atoms with E-state index in [9.17, 15) is 9.59 Å². The first-order chi connectivity index (χ1) is 16.0. The third-order valence-corrected chi connectivity index (χ3v) is 6.08. The largest absolute Gasteiger partial charge is 0.494 e. The molecule has 1 unspecified atom stereocenters. The van der Waals surface area contributed by atoms with Crippen LogP contribution in [0.3, 0.4) is 0 Å². The summed E-state index contributed by atoms with van der Waals surface area (Å²) >= 11 is 0. The van der Waals surface area contributed by atoms with Gasteiger partial charge in [0.05, 0.1) is 23.6 Å². The fourth-order valence-corrected chi connectivity index (χ4v) is 4.48. The van der Waals surface area contributed by atoms with E-state index in [-0.39, 0.29) is 17.1 Å². The van der Waals surface area contributed by atoms with E-state index in [0.29, 0.717) is 35.4 Å². The van der Waals surface area contributed by atoms with Gasteiger partial charge >= 0.3 is 0 Å².